The van der Waals surface area contributed by atoms with E-state index in [1.807, 2.05) is 60.7 Å². The molecular formula is C30H27N3O6S2. The zero-order valence-electron chi connectivity index (χ0n) is 22.0. The average Bonchev–Trinajstić information content (AvgIpc) is 3.62. The van der Waals surface area contributed by atoms with Gasteiger partial charge in [0, 0.05) is 29.1 Å². The molecule has 1 amide bonds. The van der Waals surface area contributed by atoms with Gasteiger partial charge in [0.1, 0.15) is 21.6 Å². The molecule has 0 bridgehead atoms. The highest BCUT2D eigenvalue weighted by Crippen LogP contribution is 2.41. The van der Waals surface area contributed by atoms with Crippen LogP contribution in [0.15, 0.2) is 81.4 Å². The van der Waals surface area contributed by atoms with Crippen LogP contribution in [-0.2, 0) is 30.8 Å². The van der Waals surface area contributed by atoms with E-state index in [9.17, 15) is 23.3 Å². The maximum absolute atomic E-state index is 12.9. The lowest BCUT2D eigenvalue weighted by molar-refractivity contribution is -0.146. The van der Waals surface area contributed by atoms with Crippen molar-refractivity contribution in [2.45, 2.75) is 29.9 Å². The van der Waals surface area contributed by atoms with E-state index in [1.54, 1.807) is 6.07 Å². The molecule has 210 valence electrons. The van der Waals surface area contributed by atoms with Gasteiger partial charge < -0.3 is 9.15 Å². The average molecular weight is 590 g/mol. The number of rotatable bonds is 9. The van der Waals surface area contributed by atoms with Gasteiger partial charge in [0.05, 0.1) is 6.42 Å². The number of benzene rings is 2. The van der Waals surface area contributed by atoms with E-state index in [0.29, 0.717) is 29.3 Å². The second-order valence-corrected chi connectivity index (χ2v) is 12.8. The van der Waals surface area contributed by atoms with Crippen LogP contribution in [0, 0.1) is 11.3 Å². The molecule has 0 unspecified atom stereocenters. The highest BCUT2D eigenvalue weighted by molar-refractivity contribution is 7.91. The number of nitriles is 1. The third kappa shape index (κ3) is 6.41. The minimum atomic E-state index is -3.59. The van der Waals surface area contributed by atoms with E-state index in [2.05, 4.69) is 11.4 Å². The molecule has 4 aromatic rings. The van der Waals surface area contributed by atoms with Gasteiger partial charge in [-0.1, -0.05) is 67.1 Å². The molecule has 1 aliphatic heterocycles. The molecule has 41 heavy (non-hydrogen) atoms. The number of piperidine rings is 1. The number of ether oxygens (including phenoxy) is 1. The summed E-state index contributed by atoms with van der Waals surface area (Å²) in [6, 6.07) is 23.7. The lowest BCUT2D eigenvalue weighted by Gasteiger charge is -2.25. The van der Waals surface area contributed by atoms with Crippen LogP contribution in [0.2, 0.25) is 0 Å². The first-order valence-corrected chi connectivity index (χ1v) is 15.3. The van der Waals surface area contributed by atoms with Crippen LogP contribution >= 0.6 is 11.3 Å². The highest BCUT2D eigenvalue weighted by Gasteiger charge is 2.28. The molecule has 0 spiro atoms. The van der Waals surface area contributed by atoms with Crippen LogP contribution in [0.4, 0.5) is 5.88 Å². The molecule has 1 N–H and O–H groups in total. The highest BCUT2D eigenvalue weighted by atomic mass is 32.2. The summed E-state index contributed by atoms with van der Waals surface area (Å²) >= 11 is 1.02. The third-order valence-corrected chi connectivity index (χ3v) is 10.1. The van der Waals surface area contributed by atoms with Crippen LogP contribution in [-0.4, -0.2) is 44.3 Å². The summed E-state index contributed by atoms with van der Waals surface area (Å²) in [6.45, 7) is 0.390. The first-order chi connectivity index (χ1) is 19.9. The van der Waals surface area contributed by atoms with E-state index in [-0.39, 0.29) is 22.1 Å². The Hall–Kier alpha value is -4.24. The van der Waals surface area contributed by atoms with Crippen LogP contribution in [0.5, 0.6) is 0 Å². The summed E-state index contributed by atoms with van der Waals surface area (Å²) in [7, 11) is -3.59. The number of furan rings is 1. The smallest absolute Gasteiger partial charge is 0.311 e. The molecule has 5 rings (SSSR count). The van der Waals surface area contributed by atoms with Crippen LogP contribution in [0.3, 0.4) is 0 Å². The summed E-state index contributed by atoms with van der Waals surface area (Å²) in [4.78, 5) is 25.7. The van der Waals surface area contributed by atoms with Crippen molar-refractivity contribution < 1.29 is 27.2 Å². The predicted molar refractivity (Wildman–Crippen MR) is 155 cm³/mol. The van der Waals surface area contributed by atoms with E-state index >= 15 is 0 Å². The van der Waals surface area contributed by atoms with Crippen molar-refractivity contribution in [1.29, 1.82) is 5.26 Å². The van der Waals surface area contributed by atoms with E-state index in [1.165, 1.54) is 10.4 Å². The number of anilines is 1. The number of carbonyl (C=O) groups is 2. The van der Waals surface area contributed by atoms with Crippen molar-refractivity contribution in [3.05, 3.63) is 83.2 Å². The van der Waals surface area contributed by atoms with Gasteiger partial charge in [0.25, 0.3) is 15.9 Å². The molecule has 0 atom stereocenters. The molecule has 3 heterocycles. The van der Waals surface area contributed by atoms with Crippen molar-refractivity contribution in [2.75, 3.05) is 25.0 Å². The normalized spacial score (nSPS) is 13.8. The molecule has 1 saturated heterocycles. The standard InChI is InChI=1S/C30H27N3O6S2/c31-19-24-28(21-10-4-1-5-11-21)29(22-12-6-2-7-13-22)39-30(24)32-25(34)20-38-26(35)18-23-14-15-27(40-23)41(36,37)33-16-8-3-9-17-33/h1-2,4-7,10-15H,3,8-9,16-18,20H2,(H,32,34). The van der Waals surface area contributed by atoms with E-state index < -0.39 is 28.5 Å². The Morgan fingerprint density at radius 3 is 2.27 bits per heavy atom. The van der Waals surface area contributed by atoms with Gasteiger partial charge in [0.15, 0.2) is 6.61 Å². The van der Waals surface area contributed by atoms with Crippen molar-refractivity contribution in [3.63, 3.8) is 0 Å². The quantitative estimate of drug-likeness (QED) is 0.257. The SMILES string of the molecule is N#Cc1c(NC(=O)COC(=O)Cc2ccc(S(=O)(=O)N3CCCCC3)s2)oc(-c2ccccc2)c1-c1ccccc1. The molecule has 0 radical (unpaired) electrons. The van der Waals surface area contributed by atoms with Crippen molar-refractivity contribution in [2.24, 2.45) is 0 Å². The van der Waals surface area contributed by atoms with Gasteiger partial charge in [-0.05, 0) is 30.5 Å². The number of sulfonamides is 1. The number of hydrogen-bond donors (Lipinski definition) is 1. The van der Waals surface area contributed by atoms with Crippen LogP contribution in [0.25, 0.3) is 22.5 Å². The monoisotopic (exact) mass is 589 g/mol. The number of esters is 1. The zero-order valence-corrected chi connectivity index (χ0v) is 23.7. The zero-order chi connectivity index (χ0) is 28.8. The molecule has 9 nitrogen and oxygen atoms in total. The number of amides is 1. The van der Waals surface area contributed by atoms with E-state index in [0.717, 1.165) is 41.7 Å². The minimum Gasteiger partial charge on any atom is -0.455 e. The Morgan fingerprint density at radius 1 is 0.951 bits per heavy atom. The molecule has 0 aliphatic carbocycles. The number of thiophene rings is 1. The topological polar surface area (TPSA) is 130 Å². The first-order valence-electron chi connectivity index (χ1n) is 13.1. The summed E-state index contributed by atoms with van der Waals surface area (Å²) < 4.78 is 38.5. The summed E-state index contributed by atoms with van der Waals surface area (Å²) in [5, 5.41) is 12.5. The molecule has 11 heteroatoms. The fourth-order valence-electron chi connectivity index (χ4n) is 4.63. The van der Waals surface area contributed by atoms with Gasteiger partial charge in [-0.15, -0.1) is 11.3 Å². The van der Waals surface area contributed by atoms with Crippen molar-refractivity contribution in [3.8, 4) is 28.5 Å². The lowest BCUT2D eigenvalue weighted by Crippen LogP contribution is -2.35. The molecular weight excluding hydrogens is 562 g/mol. The maximum atomic E-state index is 12.9. The Balaban J connectivity index is 1.25. The van der Waals surface area contributed by atoms with Crippen LogP contribution < -0.4 is 5.32 Å². The van der Waals surface area contributed by atoms with Gasteiger partial charge in [-0.3, -0.25) is 14.9 Å². The lowest BCUT2D eigenvalue weighted by atomic mass is 9.98. The number of nitrogens with one attached hydrogen (secondary N) is 1. The molecule has 1 aliphatic rings. The Morgan fingerprint density at radius 2 is 1.61 bits per heavy atom. The van der Waals surface area contributed by atoms with Gasteiger partial charge in [0.2, 0.25) is 5.88 Å². The summed E-state index contributed by atoms with van der Waals surface area (Å²) in [5.41, 5.74) is 2.17. The van der Waals surface area contributed by atoms with Crippen molar-refractivity contribution in [1.82, 2.24) is 4.31 Å². The number of hydrogen-bond acceptors (Lipinski definition) is 8. The second kappa shape index (κ2) is 12.5. The third-order valence-electron chi connectivity index (χ3n) is 6.60. The second-order valence-electron chi connectivity index (χ2n) is 9.43. The fraction of sp³-hybridized carbons (Fsp3) is 0.233. The summed E-state index contributed by atoms with van der Waals surface area (Å²) in [5.74, 6) is -0.980. The number of nitrogens with zero attached hydrogens (tertiary/aromatic N) is 2. The van der Waals surface area contributed by atoms with Gasteiger partial charge in [-0.2, -0.15) is 9.57 Å². The van der Waals surface area contributed by atoms with Crippen LogP contribution in [0.1, 0.15) is 29.7 Å². The Bertz CT molecular complexity index is 1680. The van der Waals surface area contributed by atoms with Gasteiger partial charge in [-0.25, -0.2) is 8.42 Å². The molecule has 1 fully saturated rings. The summed E-state index contributed by atoms with van der Waals surface area (Å²) in [6.07, 6.45) is 2.51. The molecule has 2 aromatic carbocycles. The van der Waals surface area contributed by atoms with Gasteiger partial charge >= 0.3 is 5.97 Å². The largest absolute Gasteiger partial charge is 0.455 e. The minimum absolute atomic E-state index is 0.0444. The first kappa shape index (κ1) is 28.3. The Kier molecular flexibility index (Phi) is 8.64. The predicted octanol–water partition coefficient (Wildman–Crippen LogP) is 5.45. The maximum Gasteiger partial charge on any atom is 0.311 e. The Labute approximate surface area is 242 Å². The number of carbonyl (C=O) groups excluding carboxylic acids is 2. The fourth-order valence-corrected chi connectivity index (χ4v) is 7.64. The molecule has 0 saturated carbocycles. The van der Waals surface area contributed by atoms with E-state index in [4.69, 9.17) is 9.15 Å². The molecule has 2 aromatic heterocycles. The van der Waals surface area contributed by atoms with Crippen molar-refractivity contribution >= 4 is 39.1 Å².